The van der Waals surface area contributed by atoms with Crippen LogP contribution in [0.4, 0.5) is 0 Å². The van der Waals surface area contributed by atoms with E-state index < -0.39 is 6.04 Å². The molecule has 7 heteroatoms. The Labute approximate surface area is 159 Å². The average Bonchev–Trinajstić information content (AvgIpc) is 2.96. The number of nitrogens with zero attached hydrogens (tertiary/aromatic N) is 1. The van der Waals surface area contributed by atoms with E-state index in [0.717, 1.165) is 17.5 Å². The Hall–Kier alpha value is -2.25. The van der Waals surface area contributed by atoms with E-state index in [2.05, 4.69) is 24.5 Å². The fourth-order valence-electron chi connectivity index (χ4n) is 3.90. The third-order valence-corrected chi connectivity index (χ3v) is 5.30. The number of benzene rings is 1. The smallest absolute Gasteiger partial charge is 0.255 e. The average molecular weight is 372 g/mol. The first kappa shape index (κ1) is 19.5. The van der Waals surface area contributed by atoms with Crippen molar-refractivity contribution in [3.8, 4) is 0 Å². The van der Waals surface area contributed by atoms with Crippen LogP contribution < -0.4 is 16.4 Å². The number of carbonyl (C=O) groups is 3. The molecule has 3 amide bonds. The van der Waals surface area contributed by atoms with Crippen molar-refractivity contribution in [1.82, 2.24) is 15.5 Å². The van der Waals surface area contributed by atoms with Crippen molar-refractivity contribution in [2.75, 3.05) is 6.54 Å². The second-order valence-electron chi connectivity index (χ2n) is 7.79. The van der Waals surface area contributed by atoms with Gasteiger partial charge in [0.1, 0.15) is 6.04 Å². The van der Waals surface area contributed by atoms with Crippen molar-refractivity contribution in [2.24, 2.45) is 11.7 Å². The molecule has 1 saturated heterocycles. The minimum atomic E-state index is -0.582. The van der Waals surface area contributed by atoms with Crippen LogP contribution in [0.1, 0.15) is 54.6 Å². The largest absolute Gasteiger partial charge is 0.329 e. The van der Waals surface area contributed by atoms with Crippen molar-refractivity contribution in [1.29, 1.82) is 0 Å². The summed E-state index contributed by atoms with van der Waals surface area (Å²) in [6.45, 7) is 5.93. The predicted octanol–water partition coefficient (Wildman–Crippen LogP) is 0.911. The first-order valence-electron chi connectivity index (χ1n) is 9.59. The Morgan fingerprint density at radius 2 is 2.07 bits per heavy atom. The van der Waals surface area contributed by atoms with Gasteiger partial charge in [0.15, 0.2) is 0 Å². The van der Waals surface area contributed by atoms with Crippen LogP contribution in [0.25, 0.3) is 0 Å². The minimum Gasteiger partial charge on any atom is -0.329 e. The Balaban J connectivity index is 1.74. The van der Waals surface area contributed by atoms with Gasteiger partial charge in [0, 0.05) is 37.7 Å². The molecule has 0 aromatic heterocycles. The predicted molar refractivity (Wildman–Crippen MR) is 102 cm³/mol. The molecule has 2 atom stereocenters. The van der Waals surface area contributed by atoms with Gasteiger partial charge in [-0.05, 0) is 36.0 Å². The van der Waals surface area contributed by atoms with Crippen molar-refractivity contribution in [2.45, 2.75) is 58.3 Å². The van der Waals surface area contributed by atoms with Crippen molar-refractivity contribution in [3.05, 3.63) is 34.9 Å². The molecule has 1 aromatic rings. The van der Waals surface area contributed by atoms with E-state index in [4.69, 9.17) is 5.73 Å². The molecule has 7 nitrogen and oxygen atoms in total. The summed E-state index contributed by atoms with van der Waals surface area (Å²) in [5, 5.41) is 5.83. The lowest BCUT2D eigenvalue weighted by molar-refractivity contribution is -0.136. The minimum absolute atomic E-state index is 0.140. The summed E-state index contributed by atoms with van der Waals surface area (Å²) in [5.74, 6) is -0.244. The van der Waals surface area contributed by atoms with Gasteiger partial charge in [-0.1, -0.05) is 26.0 Å². The highest BCUT2D eigenvalue weighted by Gasteiger charge is 2.39. The van der Waals surface area contributed by atoms with Gasteiger partial charge in [-0.25, -0.2) is 0 Å². The number of hydrogen-bond acceptors (Lipinski definition) is 5. The molecular formula is C20H28N4O3. The number of carbonyl (C=O) groups excluding carboxylic acids is 3. The Morgan fingerprint density at radius 3 is 2.74 bits per heavy atom. The van der Waals surface area contributed by atoms with Gasteiger partial charge < -0.3 is 16.0 Å². The van der Waals surface area contributed by atoms with Crippen LogP contribution in [-0.4, -0.2) is 41.2 Å². The first-order valence-corrected chi connectivity index (χ1v) is 9.59. The van der Waals surface area contributed by atoms with Gasteiger partial charge in [0.05, 0.1) is 0 Å². The van der Waals surface area contributed by atoms with Crippen LogP contribution in [0.2, 0.25) is 0 Å². The van der Waals surface area contributed by atoms with Crippen LogP contribution >= 0.6 is 0 Å². The molecule has 0 spiro atoms. The number of nitrogens with one attached hydrogen (secondary N) is 2. The lowest BCUT2D eigenvalue weighted by atomic mass is 10.0. The second kappa shape index (κ2) is 8.19. The zero-order valence-corrected chi connectivity index (χ0v) is 16.0. The highest BCUT2D eigenvalue weighted by atomic mass is 16.2. The number of hydrogen-bond donors (Lipinski definition) is 3. The molecule has 3 rings (SSSR count). The summed E-state index contributed by atoms with van der Waals surface area (Å²) < 4.78 is 0. The number of fused-ring (bicyclic) bond motifs is 1. The normalized spacial score (nSPS) is 20.8. The number of nitrogens with two attached hydrogens (primary N) is 1. The zero-order chi connectivity index (χ0) is 19.6. The van der Waals surface area contributed by atoms with Gasteiger partial charge in [-0.15, -0.1) is 0 Å². The molecule has 1 unspecified atom stereocenters. The highest BCUT2D eigenvalue weighted by molar-refractivity contribution is 6.05. The SMILES string of the molecule is CC(C)C[C@@H](CN)NCc1cccc2c1CN(C1CCC(=O)NC1=O)C2=O. The maximum Gasteiger partial charge on any atom is 0.255 e. The number of piperidine rings is 1. The number of rotatable bonds is 7. The van der Waals surface area contributed by atoms with Gasteiger partial charge in [-0.2, -0.15) is 0 Å². The van der Waals surface area contributed by atoms with E-state index >= 15 is 0 Å². The molecule has 0 bridgehead atoms. The highest BCUT2D eigenvalue weighted by Crippen LogP contribution is 2.29. The summed E-state index contributed by atoms with van der Waals surface area (Å²) >= 11 is 0. The van der Waals surface area contributed by atoms with Crippen molar-refractivity contribution < 1.29 is 14.4 Å². The fraction of sp³-hybridized carbons (Fsp3) is 0.550. The third kappa shape index (κ3) is 4.20. The van der Waals surface area contributed by atoms with E-state index in [0.29, 0.717) is 37.5 Å². The van der Waals surface area contributed by atoms with Crippen LogP contribution in [-0.2, 0) is 22.7 Å². The Morgan fingerprint density at radius 1 is 1.30 bits per heavy atom. The molecular weight excluding hydrogens is 344 g/mol. The molecule has 2 aliphatic rings. The molecule has 4 N–H and O–H groups in total. The van der Waals surface area contributed by atoms with Crippen LogP contribution in [0.3, 0.4) is 0 Å². The van der Waals surface area contributed by atoms with Crippen LogP contribution in [0.15, 0.2) is 18.2 Å². The number of imide groups is 1. The molecule has 27 heavy (non-hydrogen) atoms. The Kier molecular flexibility index (Phi) is 5.92. The van der Waals surface area contributed by atoms with Gasteiger partial charge >= 0.3 is 0 Å². The summed E-state index contributed by atoms with van der Waals surface area (Å²) in [7, 11) is 0. The van der Waals surface area contributed by atoms with Crippen molar-refractivity contribution >= 4 is 17.7 Å². The summed E-state index contributed by atoms with van der Waals surface area (Å²) in [6.07, 6.45) is 1.63. The first-order chi connectivity index (χ1) is 12.9. The molecule has 0 saturated carbocycles. The van der Waals surface area contributed by atoms with E-state index in [9.17, 15) is 14.4 Å². The molecule has 2 heterocycles. The van der Waals surface area contributed by atoms with E-state index in [1.54, 1.807) is 4.90 Å². The second-order valence-corrected chi connectivity index (χ2v) is 7.79. The monoisotopic (exact) mass is 372 g/mol. The maximum absolute atomic E-state index is 12.8. The molecule has 0 aliphatic carbocycles. The summed E-state index contributed by atoms with van der Waals surface area (Å²) in [5.41, 5.74) is 8.53. The van der Waals surface area contributed by atoms with E-state index in [1.165, 1.54) is 0 Å². The third-order valence-electron chi connectivity index (χ3n) is 5.30. The van der Waals surface area contributed by atoms with Crippen LogP contribution in [0.5, 0.6) is 0 Å². The lowest BCUT2D eigenvalue weighted by Gasteiger charge is -2.29. The van der Waals surface area contributed by atoms with Crippen LogP contribution in [0, 0.1) is 5.92 Å². The van der Waals surface area contributed by atoms with Gasteiger partial charge in [0.25, 0.3) is 5.91 Å². The quantitative estimate of drug-likeness (QED) is 0.617. The van der Waals surface area contributed by atoms with Gasteiger partial charge in [0.2, 0.25) is 11.8 Å². The summed E-state index contributed by atoms with van der Waals surface area (Å²) in [4.78, 5) is 38.0. The Bertz CT molecular complexity index is 747. The topological polar surface area (TPSA) is 105 Å². The maximum atomic E-state index is 12.8. The lowest BCUT2D eigenvalue weighted by Crippen LogP contribution is -2.52. The number of amides is 3. The van der Waals surface area contributed by atoms with E-state index in [1.807, 2.05) is 18.2 Å². The van der Waals surface area contributed by atoms with Gasteiger partial charge in [-0.3, -0.25) is 19.7 Å². The molecule has 1 aromatic carbocycles. The van der Waals surface area contributed by atoms with Crippen molar-refractivity contribution in [3.63, 3.8) is 0 Å². The molecule has 146 valence electrons. The standard InChI is InChI=1S/C20H28N4O3/c1-12(2)8-14(9-21)22-10-13-4-3-5-15-16(13)11-24(20(15)27)17-6-7-18(25)23-19(17)26/h3-5,12,14,17,22H,6-11,21H2,1-2H3,(H,23,25,26)/t14-,17?/m0/s1. The molecule has 0 radical (unpaired) electrons. The summed E-state index contributed by atoms with van der Waals surface area (Å²) in [6, 6.07) is 5.34. The fourth-order valence-corrected chi connectivity index (χ4v) is 3.90. The molecule has 2 aliphatic heterocycles. The van der Waals surface area contributed by atoms with E-state index in [-0.39, 0.29) is 30.2 Å². The zero-order valence-electron chi connectivity index (χ0n) is 16.0. The molecule has 1 fully saturated rings.